The lowest BCUT2D eigenvalue weighted by atomic mass is 10.1. The van der Waals surface area contributed by atoms with Gasteiger partial charge in [0.1, 0.15) is 5.82 Å². The van der Waals surface area contributed by atoms with E-state index in [9.17, 15) is 13.2 Å². The quantitative estimate of drug-likeness (QED) is 0.789. The number of amides is 1. The summed E-state index contributed by atoms with van der Waals surface area (Å²) in [6, 6.07) is 2.09. The highest BCUT2D eigenvalue weighted by atomic mass is 32.2. The zero-order valence-electron chi connectivity index (χ0n) is 15.8. The molecule has 1 aliphatic carbocycles. The SMILES string of the molecule is Cc1cc(NC(=O)CN(C)C2CCCCCC2)n(C2CCS(=O)(=O)C2)n1. The van der Waals surface area contributed by atoms with Crippen LogP contribution in [0.3, 0.4) is 0 Å². The van der Waals surface area contributed by atoms with E-state index in [0.29, 0.717) is 24.8 Å². The van der Waals surface area contributed by atoms with E-state index in [0.717, 1.165) is 18.5 Å². The summed E-state index contributed by atoms with van der Waals surface area (Å²) in [5.74, 6) is 0.815. The first kappa shape index (κ1) is 19.4. The predicted octanol–water partition coefficient (Wildman–Crippen LogP) is 2.14. The fourth-order valence-corrected chi connectivity index (χ4v) is 5.79. The third-order valence-electron chi connectivity index (χ3n) is 5.52. The molecule has 1 saturated carbocycles. The molecule has 0 spiro atoms. The topological polar surface area (TPSA) is 84.3 Å². The summed E-state index contributed by atoms with van der Waals surface area (Å²) in [5, 5.41) is 7.36. The Morgan fingerprint density at radius 1 is 1.27 bits per heavy atom. The molecule has 1 aliphatic heterocycles. The number of carbonyl (C=O) groups is 1. The first-order chi connectivity index (χ1) is 12.3. The molecule has 1 aromatic rings. The van der Waals surface area contributed by atoms with Crippen LogP contribution in [-0.2, 0) is 14.6 Å². The van der Waals surface area contributed by atoms with Crippen LogP contribution in [0, 0.1) is 6.92 Å². The maximum absolute atomic E-state index is 12.5. The second kappa shape index (κ2) is 8.08. The Morgan fingerprint density at radius 2 is 1.96 bits per heavy atom. The average molecular weight is 383 g/mol. The van der Waals surface area contributed by atoms with Crippen LogP contribution < -0.4 is 5.32 Å². The van der Waals surface area contributed by atoms with E-state index in [2.05, 4.69) is 15.3 Å². The highest BCUT2D eigenvalue weighted by Gasteiger charge is 2.31. The Bertz CT molecular complexity index is 736. The molecule has 2 fully saturated rings. The number of aromatic nitrogens is 2. The van der Waals surface area contributed by atoms with Gasteiger partial charge in [-0.1, -0.05) is 25.7 Å². The molecule has 1 saturated heterocycles. The van der Waals surface area contributed by atoms with Gasteiger partial charge < -0.3 is 5.32 Å². The Hall–Kier alpha value is -1.41. The van der Waals surface area contributed by atoms with Gasteiger partial charge in [-0.3, -0.25) is 9.69 Å². The summed E-state index contributed by atoms with van der Waals surface area (Å²) in [7, 11) is -0.983. The molecule has 0 aromatic carbocycles. The molecule has 2 heterocycles. The van der Waals surface area contributed by atoms with Crippen molar-refractivity contribution in [1.82, 2.24) is 14.7 Å². The number of anilines is 1. The molecule has 0 radical (unpaired) electrons. The Morgan fingerprint density at radius 3 is 2.58 bits per heavy atom. The van der Waals surface area contributed by atoms with Gasteiger partial charge in [0, 0.05) is 12.1 Å². The van der Waals surface area contributed by atoms with Crippen molar-refractivity contribution in [3.8, 4) is 0 Å². The highest BCUT2D eigenvalue weighted by molar-refractivity contribution is 7.91. The lowest BCUT2D eigenvalue weighted by molar-refractivity contribution is -0.117. The van der Waals surface area contributed by atoms with Gasteiger partial charge in [0.05, 0.1) is 29.8 Å². The number of likely N-dealkylation sites (N-methyl/N-ethyl adjacent to an activating group) is 1. The lowest BCUT2D eigenvalue weighted by Gasteiger charge is -2.26. The first-order valence-corrected chi connectivity index (χ1v) is 11.4. The van der Waals surface area contributed by atoms with Gasteiger partial charge in [-0.15, -0.1) is 0 Å². The fraction of sp³-hybridized carbons (Fsp3) is 0.778. The third-order valence-corrected chi connectivity index (χ3v) is 7.27. The van der Waals surface area contributed by atoms with Gasteiger partial charge in [-0.2, -0.15) is 5.10 Å². The zero-order chi connectivity index (χ0) is 18.7. The van der Waals surface area contributed by atoms with Gasteiger partial charge in [-0.05, 0) is 33.2 Å². The minimum absolute atomic E-state index is 0.0706. The van der Waals surface area contributed by atoms with Crippen molar-refractivity contribution in [3.63, 3.8) is 0 Å². The maximum Gasteiger partial charge on any atom is 0.239 e. The van der Waals surface area contributed by atoms with E-state index in [4.69, 9.17) is 0 Å². The van der Waals surface area contributed by atoms with Crippen molar-refractivity contribution in [2.24, 2.45) is 0 Å². The molecule has 1 unspecified atom stereocenters. The van der Waals surface area contributed by atoms with E-state index in [1.165, 1.54) is 25.7 Å². The van der Waals surface area contributed by atoms with Crippen LogP contribution >= 0.6 is 0 Å². The van der Waals surface area contributed by atoms with Crippen molar-refractivity contribution in [3.05, 3.63) is 11.8 Å². The largest absolute Gasteiger partial charge is 0.310 e. The van der Waals surface area contributed by atoms with E-state index in [1.54, 1.807) is 4.68 Å². The molecule has 0 bridgehead atoms. The van der Waals surface area contributed by atoms with Crippen LogP contribution in [-0.4, -0.2) is 60.1 Å². The Kier molecular flexibility index (Phi) is 6.02. The molecule has 2 aliphatic rings. The molecular formula is C18H30N4O3S. The molecule has 8 heteroatoms. The van der Waals surface area contributed by atoms with Gasteiger partial charge in [0.25, 0.3) is 0 Å². The molecular weight excluding hydrogens is 352 g/mol. The normalized spacial score (nSPS) is 23.9. The van der Waals surface area contributed by atoms with Gasteiger partial charge in [0.15, 0.2) is 9.84 Å². The van der Waals surface area contributed by atoms with Crippen molar-refractivity contribution in [2.75, 3.05) is 30.4 Å². The first-order valence-electron chi connectivity index (χ1n) is 9.61. The number of hydrogen-bond acceptors (Lipinski definition) is 5. The zero-order valence-corrected chi connectivity index (χ0v) is 16.6. The molecule has 1 aromatic heterocycles. The van der Waals surface area contributed by atoms with E-state index in [1.807, 2.05) is 20.0 Å². The van der Waals surface area contributed by atoms with Crippen LogP contribution in [0.4, 0.5) is 5.82 Å². The monoisotopic (exact) mass is 382 g/mol. The predicted molar refractivity (Wildman–Crippen MR) is 102 cm³/mol. The van der Waals surface area contributed by atoms with Crippen LogP contribution in [0.2, 0.25) is 0 Å². The van der Waals surface area contributed by atoms with Crippen LogP contribution in [0.1, 0.15) is 56.7 Å². The summed E-state index contributed by atoms with van der Waals surface area (Å²) in [4.78, 5) is 14.7. The average Bonchev–Trinajstić information content (AvgIpc) is 2.97. The molecule has 3 rings (SSSR count). The number of aryl methyl sites for hydroxylation is 1. The minimum Gasteiger partial charge on any atom is -0.310 e. The third kappa shape index (κ3) is 4.85. The summed E-state index contributed by atoms with van der Waals surface area (Å²) < 4.78 is 25.2. The number of rotatable bonds is 5. The Balaban J connectivity index is 1.62. The highest BCUT2D eigenvalue weighted by Crippen LogP contribution is 2.27. The standard InChI is InChI=1S/C18H30N4O3S/c1-14-11-17(22(20-14)16-9-10-26(24,25)13-16)19-18(23)12-21(2)15-7-5-3-4-6-8-15/h11,15-16H,3-10,12-13H2,1-2H3,(H,19,23). The molecule has 7 nitrogen and oxygen atoms in total. The summed E-state index contributed by atoms with van der Waals surface area (Å²) in [6.45, 7) is 2.20. The van der Waals surface area contributed by atoms with Crippen LogP contribution in [0.5, 0.6) is 0 Å². The second-order valence-corrected chi connectivity index (χ2v) is 10.0. The minimum atomic E-state index is -3.00. The van der Waals surface area contributed by atoms with Crippen molar-refractivity contribution >= 4 is 21.6 Å². The van der Waals surface area contributed by atoms with Crippen molar-refractivity contribution < 1.29 is 13.2 Å². The van der Waals surface area contributed by atoms with Gasteiger partial charge in [0.2, 0.25) is 5.91 Å². The molecule has 1 N–H and O–H groups in total. The van der Waals surface area contributed by atoms with E-state index in [-0.39, 0.29) is 23.5 Å². The number of nitrogens with one attached hydrogen (secondary N) is 1. The lowest BCUT2D eigenvalue weighted by Crippen LogP contribution is -2.38. The summed E-state index contributed by atoms with van der Waals surface area (Å²) in [6.07, 6.45) is 7.91. The molecule has 1 amide bonds. The maximum atomic E-state index is 12.5. The van der Waals surface area contributed by atoms with Crippen LogP contribution in [0.25, 0.3) is 0 Å². The Labute approximate surface area is 156 Å². The summed E-state index contributed by atoms with van der Waals surface area (Å²) in [5.41, 5.74) is 0.779. The second-order valence-electron chi connectivity index (χ2n) is 7.78. The number of hydrogen-bond donors (Lipinski definition) is 1. The number of carbonyl (C=O) groups excluding carboxylic acids is 1. The number of nitrogens with zero attached hydrogens (tertiary/aromatic N) is 3. The smallest absolute Gasteiger partial charge is 0.239 e. The molecule has 26 heavy (non-hydrogen) atoms. The van der Waals surface area contributed by atoms with Crippen molar-refractivity contribution in [2.45, 2.75) is 64.0 Å². The summed E-state index contributed by atoms with van der Waals surface area (Å²) >= 11 is 0. The number of sulfone groups is 1. The van der Waals surface area contributed by atoms with Gasteiger partial charge in [-0.25, -0.2) is 13.1 Å². The van der Waals surface area contributed by atoms with E-state index >= 15 is 0 Å². The van der Waals surface area contributed by atoms with E-state index < -0.39 is 9.84 Å². The fourth-order valence-electron chi connectivity index (χ4n) is 4.09. The molecule has 146 valence electrons. The van der Waals surface area contributed by atoms with Crippen LogP contribution in [0.15, 0.2) is 6.07 Å². The van der Waals surface area contributed by atoms with Gasteiger partial charge >= 0.3 is 0 Å². The molecule has 1 atom stereocenters. The van der Waals surface area contributed by atoms with Crippen molar-refractivity contribution in [1.29, 1.82) is 0 Å².